The van der Waals surface area contributed by atoms with Crippen LogP contribution in [0.1, 0.15) is 18.9 Å². The van der Waals surface area contributed by atoms with Gasteiger partial charge in [-0.1, -0.05) is 37.3 Å². The van der Waals surface area contributed by atoms with E-state index >= 15 is 0 Å². The van der Waals surface area contributed by atoms with E-state index in [1.165, 1.54) is 11.1 Å². The van der Waals surface area contributed by atoms with Gasteiger partial charge in [-0.2, -0.15) is 11.3 Å². The van der Waals surface area contributed by atoms with Crippen LogP contribution in [0.15, 0.2) is 47.2 Å². The summed E-state index contributed by atoms with van der Waals surface area (Å²) in [7, 11) is 0. The fourth-order valence-corrected chi connectivity index (χ4v) is 2.42. The summed E-state index contributed by atoms with van der Waals surface area (Å²) in [5.41, 5.74) is 3.50. The number of thiophene rings is 1. The highest BCUT2D eigenvalue weighted by Crippen LogP contribution is 2.28. The zero-order valence-electron chi connectivity index (χ0n) is 9.72. The van der Waals surface area contributed by atoms with Gasteiger partial charge >= 0.3 is 0 Å². The number of hydrogen-bond acceptors (Lipinski definition) is 2. The quantitative estimate of drug-likeness (QED) is 0.726. The fraction of sp³-hybridized carbons (Fsp3) is 0.133. The lowest BCUT2D eigenvalue weighted by Gasteiger charge is -1.99. The third kappa shape index (κ3) is 2.92. The van der Waals surface area contributed by atoms with Crippen molar-refractivity contribution in [2.45, 2.75) is 13.3 Å². The molecule has 2 aromatic rings. The van der Waals surface area contributed by atoms with Crippen molar-refractivity contribution in [1.82, 2.24) is 0 Å². The Balaban J connectivity index is 2.30. The number of carbonyl (C=O) groups is 1. The molecule has 0 spiro atoms. The molecule has 0 fully saturated rings. The summed E-state index contributed by atoms with van der Waals surface area (Å²) < 4.78 is 0. The van der Waals surface area contributed by atoms with Gasteiger partial charge in [0, 0.05) is 6.42 Å². The molecule has 0 N–H and O–H groups in total. The highest BCUT2D eigenvalue weighted by Gasteiger charge is 2.03. The first-order chi connectivity index (χ1) is 8.31. The summed E-state index contributed by atoms with van der Waals surface area (Å²) in [5, 5.41) is 4.19. The Labute approximate surface area is 105 Å². The van der Waals surface area contributed by atoms with E-state index < -0.39 is 0 Å². The predicted molar refractivity (Wildman–Crippen MR) is 74.1 cm³/mol. The average Bonchev–Trinajstić information content (AvgIpc) is 2.85. The number of benzene rings is 1. The molecule has 0 atom stereocenters. The maximum Gasteiger partial charge on any atom is 0.155 e. The van der Waals surface area contributed by atoms with Gasteiger partial charge in [0.2, 0.25) is 0 Å². The Hall–Kier alpha value is -1.67. The van der Waals surface area contributed by atoms with Crippen LogP contribution in [-0.4, -0.2) is 5.78 Å². The first-order valence-electron chi connectivity index (χ1n) is 5.63. The zero-order chi connectivity index (χ0) is 12.1. The summed E-state index contributed by atoms with van der Waals surface area (Å²) >= 11 is 1.66. The van der Waals surface area contributed by atoms with E-state index in [-0.39, 0.29) is 5.78 Å². The van der Waals surface area contributed by atoms with Gasteiger partial charge in [-0.15, -0.1) is 0 Å². The summed E-state index contributed by atoms with van der Waals surface area (Å²) in [4.78, 5) is 11.3. The van der Waals surface area contributed by atoms with Crippen molar-refractivity contribution in [3.05, 3.63) is 52.7 Å². The molecule has 1 heterocycles. The molecule has 0 aliphatic rings. The SMILES string of the molecule is CCC(=O)/C=C/c1cscc1-c1ccccc1. The molecule has 2 rings (SSSR count). The molecule has 1 aromatic heterocycles. The molecule has 1 nitrogen and oxygen atoms in total. The normalized spacial score (nSPS) is 10.9. The number of hydrogen-bond donors (Lipinski definition) is 0. The monoisotopic (exact) mass is 242 g/mol. The Bertz CT molecular complexity index is 523. The lowest BCUT2D eigenvalue weighted by molar-refractivity contribution is -0.114. The average molecular weight is 242 g/mol. The van der Waals surface area contributed by atoms with Gasteiger partial charge < -0.3 is 0 Å². The molecule has 1 aromatic carbocycles. The second-order valence-corrected chi connectivity index (χ2v) is 4.50. The van der Waals surface area contributed by atoms with Crippen molar-refractivity contribution in [2.24, 2.45) is 0 Å². The van der Waals surface area contributed by atoms with Crippen LogP contribution in [0.25, 0.3) is 17.2 Å². The molecular formula is C15H14OS. The van der Waals surface area contributed by atoms with E-state index in [2.05, 4.69) is 22.9 Å². The Morgan fingerprint density at radius 2 is 2.00 bits per heavy atom. The van der Waals surface area contributed by atoms with Gasteiger partial charge in [0.05, 0.1) is 0 Å². The molecule has 86 valence electrons. The lowest BCUT2D eigenvalue weighted by atomic mass is 10.0. The van der Waals surface area contributed by atoms with Gasteiger partial charge in [0.1, 0.15) is 0 Å². The van der Waals surface area contributed by atoms with E-state index in [1.54, 1.807) is 17.4 Å². The van der Waals surface area contributed by atoms with Crippen LogP contribution in [0.4, 0.5) is 0 Å². The predicted octanol–water partition coefficient (Wildman–Crippen LogP) is 4.41. The van der Waals surface area contributed by atoms with E-state index in [0.29, 0.717) is 6.42 Å². The highest BCUT2D eigenvalue weighted by atomic mass is 32.1. The van der Waals surface area contributed by atoms with Crippen LogP contribution in [0.2, 0.25) is 0 Å². The van der Waals surface area contributed by atoms with Crippen molar-refractivity contribution in [3.8, 4) is 11.1 Å². The highest BCUT2D eigenvalue weighted by molar-refractivity contribution is 7.08. The molecule has 0 aliphatic heterocycles. The molecule has 0 amide bonds. The second kappa shape index (κ2) is 5.60. The standard InChI is InChI=1S/C15H14OS/c1-2-14(16)9-8-13-10-17-11-15(13)12-6-4-3-5-7-12/h3-11H,2H2,1H3/b9-8+. The Morgan fingerprint density at radius 3 is 2.71 bits per heavy atom. The van der Waals surface area contributed by atoms with Crippen molar-refractivity contribution in [1.29, 1.82) is 0 Å². The summed E-state index contributed by atoms with van der Waals surface area (Å²) in [6, 6.07) is 10.2. The van der Waals surface area contributed by atoms with Crippen molar-refractivity contribution < 1.29 is 4.79 Å². The largest absolute Gasteiger partial charge is 0.295 e. The fourth-order valence-electron chi connectivity index (χ4n) is 1.59. The van der Waals surface area contributed by atoms with Crippen LogP contribution in [0, 0.1) is 0 Å². The Kier molecular flexibility index (Phi) is 3.89. The molecule has 0 saturated heterocycles. The van der Waals surface area contributed by atoms with Crippen LogP contribution >= 0.6 is 11.3 Å². The minimum absolute atomic E-state index is 0.162. The first-order valence-corrected chi connectivity index (χ1v) is 6.58. The maximum atomic E-state index is 11.3. The van der Waals surface area contributed by atoms with Gasteiger partial charge in [-0.3, -0.25) is 4.79 Å². The summed E-state index contributed by atoms with van der Waals surface area (Å²) in [6.45, 7) is 1.87. The van der Waals surface area contributed by atoms with E-state index in [0.717, 1.165) is 5.56 Å². The minimum atomic E-state index is 0.162. The second-order valence-electron chi connectivity index (χ2n) is 3.76. The topological polar surface area (TPSA) is 17.1 Å². The number of allylic oxidation sites excluding steroid dienone is 1. The first kappa shape index (κ1) is 11.8. The van der Waals surface area contributed by atoms with Crippen LogP contribution in [0.5, 0.6) is 0 Å². The molecule has 0 bridgehead atoms. The third-order valence-corrected chi connectivity index (χ3v) is 3.34. The zero-order valence-corrected chi connectivity index (χ0v) is 10.5. The molecule has 0 aliphatic carbocycles. The van der Waals surface area contributed by atoms with Crippen molar-refractivity contribution >= 4 is 23.2 Å². The number of carbonyl (C=O) groups excluding carboxylic acids is 1. The van der Waals surface area contributed by atoms with Crippen molar-refractivity contribution in [3.63, 3.8) is 0 Å². The van der Waals surface area contributed by atoms with E-state index in [9.17, 15) is 4.79 Å². The van der Waals surface area contributed by atoms with Crippen LogP contribution < -0.4 is 0 Å². The van der Waals surface area contributed by atoms with Gasteiger partial charge in [0.15, 0.2) is 5.78 Å². The van der Waals surface area contributed by atoms with Crippen LogP contribution in [0.3, 0.4) is 0 Å². The third-order valence-electron chi connectivity index (χ3n) is 2.57. The van der Waals surface area contributed by atoms with Gasteiger partial charge in [-0.25, -0.2) is 0 Å². The Morgan fingerprint density at radius 1 is 1.24 bits per heavy atom. The van der Waals surface area contributed by atoms with Gasteiger partial charge in [-0.05, 0) is 39.6 Å². The summed E-state index contributed by atoms with van der Waals surface area (Å²) in [6.07, 6.45) is 4.13. The molecule has 0 radical (unpaired) electrons. The van der Waals surface area contributed by atoms with E-state index in [1.807, 2.05) is 31.2 Å². The number of rotatable bonds is 4. The van der Waals surface area contributed by atoms with Crippen molar-refractivity contribution in [2.75, 3.05) is 0 Å². The van der Waals surface area contributed by atoms with E-state index in [4.69, 9.17) is 0 Å². The smallest absolute Gasteiger partial charge is 0.155 e. The maximum absolute atomic E-state index is 11.3. The van der Waals surface area contributed by atoms with Gasteiger partial charge in [0.25, 0.3) is 0 Å². The molecule has 0 saturated carbocycles. The molecule has 2 heteroatoms. The number of ketones is 1. The lowest BCUT2D eigenvalue weighted by Crippen LogP contribution is -1.86. The van der Waals surface area contributed by atoms with Crippen LogP contribution in [-0.2, 0) is 4.79 Å². The molecular weight excluding hydrogens is 228 g/mol. The summed E-state index contributed by atoms with van der Waals surface area (Å²) in [5.74, 6) is 0.162. The minimum Gasteiger partial charge on any atom is -0.295 e. The molecule has 0 unspecified atom stereocenters. The molecule has 17 heavy (non-hydrogen) atoms.